The summed E-state index contributed by atoms with van der Waals surface area (Å²) in [6, 6.07) is 30.6. The lowest BCUT2D eigenvalue weighted by molar-refractivity contribution is -0.127. The van der Waals surface area contributed by atoms with E-state index in [-0.39, 0.29) is 11.9 Å². The summed E-state index contributed by atoms with van der Waals surface area (Å²) in [4.78, 5) is 13.8. The fourth-order valence-corrected chi connectivity index (χ4v) is 5.04. The predicted octanol–water partition coefficient (Wildman–Crippen LogP) is 5.72. The molecule has 5 rings (SSSR count). The van der Waals surface area contributed by atoms with Gasteiger partial charge in [-0.2, -0.15) is 0 Å². The van der Waals surface area contributed by atoms with Crippen molar-refractivity contribution in [1.29, 1.82) is 0 Å². The molecule has 0 aromatic heterocycles. The zero-order chi connectivity index (χ0) is 19.4. The van der Waals surface area contributed by atoms with Crippen LogP contribution in [0.1, 0.15) is 36.6 Å². The molecule has 1 aliphatic carbocycles. The summed E-state index contributed by atoms with van der Waals surface area (Å²) in [5.41, 5.74) is 3.58. The summed E-state index contributed by atoms with van der Waals surface area (Å²) in [6.45, 7) is 3.99. The van der Waals surface area contributed by atoms with Crippen molar-refractivity contribution in [2.45, 2.75) is 25.6 Å². The maximum Gasteiger partial charge on any atom is 0.182 e. The van der Waals surface area contributed by atoms with Crippen molar-refractivity contribution in [3.05, 3.63) is 108 Å². The van der Waals surface area contributed by atoms with Gasteiger partial charge in [-0.3, -0.25) is 4.79 Å². The van der Waals surface area contributed by atoms with Crippen molar-refractivity contribution in [2.24, 2.45) is 5.41 Å². The van der Waals surface area contributed by atoms with E-state index >= 15 is 0 Å². The van der Waals surface area contributed by atoms with E-state index in [1.165, 1.54) is 0 Å². The third-order valence-electron chi connectivity index (χ3n) is 6.26. The predicted molar refractivity (Wildman–Crippen MR) is 111 cm³/mol. The Morgan fingerprint density at radius 3 is 1.68 bits per heavy atom. The second-order valence-corrected chi connectivity index (χ2v) is 7.96. The Morgan fingerprint density at radius 1 is 0.679 bits per heavy atom. The van der Waals surface area contributed by atoms with Crippen LogP contribution in [-0.4, -0.2) is 11.4 Å². The number of Topliss-reactive ketones (excluding diaryl/α,β-unsaturated/α-hetero) is 1. The first-order valence-electron chi connectivity index (χ1n) is 9.70. The Morgan fingerprint density at radius 2 is 1.14 bits per heavy atom. The van der Waals surface area contributed by atoms with Gasteiger partial charge in [0.15, 0.2) is 11.4 Å². The highest BCUT2D eigenvalue weighted by Gasteiger charge is 2.68. The highest BCUT2D eigenvalue weighted by atomic mass is 16.5. The summed E-state index contributed by atoms with van der Waals surface area (Å²) < 4.78 is 6.56. The van der Waals surface area contributed by atoms with Crippen LogP contribution in [0.15, 0.2) is 91.0 Å². The van der Waals surface area contributed by atoms with Crippen LogP contribution in [0.3, 0.4) is 0 Å². The van der Waals surface area contributed by atoms with Crippen molar-refractivity contribution >= 4 is 16.9 Å². The number of fused-ring (bicyclic) bond motifs is 2. The summed E-state index contributed by atoms with van der Waals surface area (Å²) in [5.74, 6) is 0.145. The van der Waals surface area contributed by atoms with E-state index in [2.05, 4.69) is 43.3 Å². The monoisotopic (exact) mass is 366 g/mol. The lowest BCUT2D eigenvalue weighted by Crippen LogP contribution is -2.32. The minimum atomic E-state index is -0.957. The highest BCUT2D eigenvalue weighted by Crippen LogP contribution is 2.67. The molecule has 28 heavy (non-hydrogen) atoms. The summed E-state index contributed by atoms with van der Waals surface area (Å²) in [7, 11) is 0. The van der Waals surface area contributed by atoms with Crippen LogP contribution >= 0.6 is 0 Å². The number of benzene rings is 3. The summed E-state index contributed by atoms with van der Waals surface area (Å²) in [6.07, 6.45) is -0.297. The van der Waals surface area contributed by atoms with Gasteiger partial charge in [0.25, 0.3) is 0 Å². The molecule has 3 aromatic rings. The number of hydrogen-bond acceptors (Lipinski definition) is 2. The molecular weight excluding hydrogens is 344 g/mol. The minimum Gasteiger partial charge on any atom is -0.353 e. The average molecular weight is 366 g/mol. The zero-order valence-electron chi connectivity index (χ0n) is 16.1. The number of carbonyl (C=O) groups is 1. The van der Waals surface area contributed by atoms with Crippen LogP contribution in [0.4, 0.5) is 0 Å². The average Bonchev–Trinajstić information content (AvgIpc) is 3.06. The third kappa shape index (κ3) is 2.15. The van der Waals surface area contributed by atoms with E-state index in [4.69, 9.17) is 4.74 Å². The van der Waals surface area contributed by atoms with Gasteiger partial charge in [-0.25, -0.2) is 0 Å². The lowest BCUT2D eigenvalue weighted by Gasteiger charge is -2.36. The van der Waals surface area contributed by atoms with Crippen LogP contribution in [-0.2, 0) is 9.53 Å². The first-order chi connectivity index (χ1) is 13.6. The van der Waals surface area contributed by atoms with Crippen LogP contribution in [0.2, 0.25) is 0 Å². The molecule has 2 nitrogen and oxygen atoms in total. The molecule has 3 aromatic carbocycles. The molecule has 0 saturated carbocycles. The SMILES string of the molecule is C[C@]12O[C@@H](c3ccccc3)[C@](C)(C1=O)C(c1ccccc1)=C2c1ccccc1. The Labute approximate surface area is 165 Å². The van der Waals surface area contributed by atoms with Gasteiger partial charge in [0.2, 0.25) is 0 Å². The molecule has 138 valence electrons. The summed E-state index contributed by atoms with van der Waals surface area (Å²) >= 11 is 0. The van der Waals surface area contributed by atoms with Crippen LogP contribution in [0.5, 0.6) is 0 Å². The topological polar surface area (TPSA) is 26.3 Å². The standard InChI is InChI=1S/C26H22O2/c1-25-21(18-12-6-3-7-13-18)22(19-14-8-4-9-15-19)26(2,24(25)27)28-23(25)20-16-10-5-11-17-20/h3-17,23H,1-2H3/t23-,25+,26+/m0/s1. The van der Waals surface area contributed by atoms with E-state index in [1.807, 2.05) is 61.5 Å². The highest BCUT2D eigenvalue weighted by molar-refractivity contribution is 6.24. The second-order valence-electron chi connectivity index (χ2n) is 7.96. The number of rotatable bonds is 3. The first-order valence-corrected chi connectivity index (χ1v) is 9.70. The summed E-state index contributed by atoms with van der Waals surface area (Å²) in [5, 5.41) is 0. The molecule has 1 aliphatic heterocycles. The van der Waals surface area contributed by atoms with E-state index in [0.717, 1.165) is 27.8 Å². The van der Waals surface area contributed by atoms with Gasteiger partial charge in [-0.05, 0) is 36.1 Å². The Bertz CT molecular complexity index is 1070. The fraction of sp³-hybridized carbons (Fsp3) is 0.192. The Balaban J connectivity index is 1.82. The van der Waals surface area contributed by atoms with Crippen LogP contribution < -0.4 is 0 Å². The third-order valence-corrected chi connectivity index (χ3v) is 6.26. The normalized spacial score (nSPS) is 28.8. The fourth-order valence-electron chi connectivity index (χ4n) is 5.04. The quantitative estimate of drug-likeness (QED) is 0.593. The molecule has 2 heteroatoms. The van der Waals surface area contributed by atoms with Gasteiger partial charge in [0.1, 0.15) is 6.10 Å². The molecule has 3 atom stereocenters. The van der Waals surface area contributed by atoms with Gasteiger partial charge < -0.3 is 4.74 Å². The zero-order valence-corrected chi connectivity index (χ0v) is 16.1. The molecule has 1 heterocycles. The molecular formula is C26H22O2. The van der Waals surface area contributed by atoms with Gasteiger partial charge >= 0.3 is 0 Å². The molecule has 0 spiro atoms. The van der Waals surface area contributed by atoms with E-state index < -0.39 is 11.0 Å². The van der Waals surface area contributed by atoms with E-state index in [0.29, 0.717) is 0 Å². The minimum absolute atomic E-state index is 0.145. The van der Waals surface area contributed by atoms with Crippen molar-refractivity contribution in [3.8, 4) is 0 Å². The molecule has 0 unspecified atom stereocenters. The molecule has 0 amide bonds. The molecule has 1 saturated heterocycles. The van der Waals surface area contributed by atoms with Gasteiger partial charge in [0, 0.05) is 5.57 Å². The second kappa shape index (κ2) is 6.02. The molecule has 2 aliphatic rings. The molecule has 1 fully saturated rings. The first kappa shape index (κ1) is 17.2. The smallest absolute Gasteiger partial charge is 0.182 e. The number of ether oxygens (including phenoxy) is 1. The van der Waals surface area contributed by atoms with Crippen molar-refractivity contribution < 1.29 is 9.53 Å². The molecule has 2 bridgehead atoms. The van der Waals surface area contributed by atoms with Gasteiger partial charge in [0.05, 0.1) is 5.41 Å². The van der Waals surface area contributed by atoms with Crippen LogP contribution in [0.25, 0.3) is 11.1 Å². The lowest BCUT2D eigenvalue weighted by atomic mass is 9.72. The molecule has 0 radical (unpaired) electrons. The number of carbonyl (C=O) groups excluding carboxylic acids is 1. The number of hydrogen-bond donors (Lipinski definition) is 0. The Hall–Kier alpha value is -2.97. The van der Waals surface area contributed by atoms with E-state index in [1.54, 1.807) is 0 Å². The number of ketones is 1. The van der Waals surface area contributed by atoms with Crippen molar-refractivity contribution in [1.82, 2.24) is 0 Å². The van der Waals surface area contributed by atoms with Gasteiger partial charge in [-0.15, -0.1) is 0 Å². The largest absolute Gasteiger partial charge is 0.353 e. The maximum absolute atomic E-state index is 13.8. The maximum atomic E-state index is 13.8. The Kier molecular flexibility index (Phi) is 3.68. The van der Waals surface area contributed by atoms with Gasteiger partial charge in [-0.1, -0.05) is 91.0 Å². The van der Waals surface area contributed by atoms with Crippen LogP contribution in [0, 0.1) is 5.41 Å². The van der Waals surface area contributed by atoms with E-state index in [9.17, 15) is 4.79 Å². The van der Waals surface area contributed by atoms with Crippen molar-refractivity contribution in [3.63, 3.8) is 0 Å². The molecule has 0 N–H and O–H groups in total. The van der Waals surface area contributed by atoms with Crippen molar-refractivity contribution in [2.75, 3.05) is 0 Å².